The largest absolute Gasteiger partial charge is 0.457 e. The molecule has 3 heteroatoms. The van der Waals surface area contributed by atoms with Crippen LogP contribution in [0, 0.1) is 6.92 Å². The molecule has 0 spiro atoms. The Hall–Kier alpha value is -2.39. The summed E-state index contributed by atoms with van der Waals surface area (Å²) in [6, 6.07) is 26.1. The fourth-order valence-electron chi connectivity index (χ4n) is 4.81. The standard InChI is InChI=1S/C23H21NOS/c1-16-13-14-21-19(15-16)22(17-9-5-4-6-10-17)18-11-7-8-12-20(18)24(2)23(22,25-21)26-3/h4-15H,1-3H3/t22-,23+/m0/s1. The molecule has 5 rings (SSSR count). The van der Waals surface area contributed by atoms with Crippen molar-refractivity contribution in [3.05, 3.63) is 95.1 Å². The van der Waals surface area contributed by atoms with Crippen LogP contribution in [0.25, 0.3) is 0 Å². The molecule has 2 aliphatic rings. The number of thioether (sulfide) groups is 1. The van der Waals surface area contributed by atoms with Crippen LogP contribution in [0.4, 0.5) is 5.69 Å². The first-order chi connectivity index (χ1) is 12.6. The van der Waals surface area contributed by atoms with Gasteiger partial charge >= 0.3 is 0 Å². The minimum absolute atomic E-state index is 0.361. The van der Waals surface area contributed by atoms with Crippen LogP contribution < -0.4 is 9.64 Å². The molecule has 26 heavy (non-hydrogen) atoms. The normalized spacial score (nSPS) is 25.4. The van der Waals surface area contributed by atoms with Gasteiger partial charge < -0.3 is 9.64 Å². The van der Waals surface area contributed by atoms with E-state index in [0.29, 0.717) is 0 Å². The predicted molar refractivity (Wildman–Crippen MR) is 109 cm³/mol. The van der Waals surface area contributed by atoms with Crippen LogP contribution >= 0.6 is 11.8 Å². The molecule has 0 bridgehead atoms. The number of hydrogen-bond donors (Lipinski definition) is 0. The van der Waals surface area contributed by atoms with E-state index in [1.165, 1.54) is 27.9 Å². The Morgan fingerprint density at radius 2 is 1.62 bits per heavy atom. The van der Waals surface area contributed by atoms with Gasteiger partial charge in [0.25, 0.3) is 0 Å². The molecule has 2 nitrogen and oxygen atoms in total. The van der Waals surface area contributed by atoms with Crippen molar-refractivity contribution in [2.45, 2.75) is 17.4 Å². The Morgan fingerprint density at radius 3 is 2.38 bits per heavy atom. The second-order valence-electron chi connectivity index (χ2n) is 7.08. The van der Waals surface area contributed by atoms with Crippen LogP contribution in [0.3, 0.4) is 0 Å². The molecule has 2 heterocycles. The third-order valence-electron chi connectivity index (χ3n) is 5.86. The minimum atomic E-state index is -0.534. The first-order valence-corrected chi connectivity index (χ1v) is 10.1. The van der Waals surface area contributed by atoms with E-state index in [-0.39, 0.29) is 5.41 Å². The molecule has 2 atom stereocenters. The number of nitrogens with zero attached hydrogens (tertiary/aromatic N) is 1. The third-order valence-corrected chi connectivity index (χ3v) is 7.07. The van der Waals surface area contributed by atoms with Gasteiger partial charge in [0.1, 0.15) is 11.2 Å². The van der Waals surface area contributed by atoms with Crippen LogP contribution in [-0.2, 0) is 5.41 Å². The highest BCUT2D eigenvalue weighted by molar-refractivity contribution is 8.00. The summed E-state index contributed by atoms with van der Waals surface area (Å²) >= 11 is 1.77. The van der Waals surface area contributed by atoms with E-state index in [0.717, 1.165) is 5.75 Å². The van der Waals surface area contributed by atoms with E-state index in [1.807, 2.05) is 0 Å². The quantitative estimate of drug-likeness (QED) is 0.625. The summed E-state index contributed by atoms with van der Waals surface area (Å²) in [5.74, 6) is 0.982. The zero-order chi connectivity index (χ0) is 17.9. The van der Waals surface area contributed by atoms with Gasteiger partial charge in [0, 0.05) is 18.3 Å². The lowest BCUT2D eigenvalue weighted by atomic mass is 9.70. The van der Waals surface area contributed by atoms with Crippen molar-refractivity contribution in [3.63, 3.8) is 0 Å². The molecule has 2 aliphatic heterocycles. The number of para-hydroxylation sites is 1. The maximum Gasteiger partial charge on any atom is 0.249 e. The van der Waals surface area contributed by atoms with Crippen LogP contribution in [0.15, 0.2) is 72.8 Å². The van der Waals surface area contributed by atoms with E-state index in [9.17, 15) is 0 Å². The monoisotopic (exact) mass is 359 g/mol. The molecule has 0 fully saturated rings. The molecule has 3 aromatic rings. The summed E-state index contributed by atoms with van der Waals surface area (Å²) in [5.41, 5.74) is 5.97. The van der Waals surface area contributed by atoms with Crippen molar-refractivity contribution in [2.24, 2.45) is 0 Å². The molecule has 0 aliphatic carbocycles. The Balaban J connectivity index is 1.98. The van der Waals surface area contributed by atoms with Gasteiger partial charge in [-0.25, -0.2) is 0 Å². The second-order valence-corrected chi connectivity index (χ2v) is 8.04. The van der Waals surface area contributed by atoms with Crippen LogP contribution in [0.5, 0.6) is 5.75 Å². The highest BCUT2D eigenvalue weighted by Gasteiger charge is 2.69. The van der Waals surface area contributed by atoms with Crippen LogP contribution in [0.1, 0.15) is 22.3 Å². The van der Waals surface area contributed by atoms with Gasteiger partial charge in [0.2, 0.25) is 5.06 Å². The van der Waals surface area contributed by atoms with Crippen molar-refractivity contribution in [1.82, 2.24) is 0 Å². The van der Waals surface area contributed by atoms with Crippen molar-refractivity contribution in [1.29, 1.82) is 0 Å². The molecular formula is C23H21NOS. The van der Waals surface area contributed by atoms with E-state index in [2.05, 4.69) is 97.9 Å². The van der Waals surface area contributed by atoms with Gasteiger partial charge in [-0.15, -0.1) is 0 Å². The number of likely N-dealkylation sites (N-methyl/N-ethyl adjacent to an activating group) is 1. The zero-order valence-corrected chi connectivity index (χ0v) is 16.0. The van der Waals surface area contributed by atoms with Crippen molar-refractivity contribution < 1.29 is 4.74 Å². The van der Waals surface area contributed by atoms with Gasteiger partial charge in [-0.3, -0.25) is 0 Å². The highest BCUT2D eigenvalue weighted by atomic mass is 32.2. The SMILES string of the molecule is CS[C@]12Oc3ccc(C)cc3[C@]1(c1ccccc1)c1ccccc1N2C. The molecule has 0 saturated carbocycles. The molecule has 0 radical (unpaired) electrons. The van der Waals surface area contributed by atoms with Gasteiger partial charge in [-0.1, -0.05) is 78.0 Å². The van der Waals surface area contributed by atoms with Crippen LogP contribution in [0.2, 0.25) is 0 Å². The summed E-state index contributed by atoms with van der Waals surface area (Å²) in [4.78, 5) is 2.31. The Bertz CT molecular complexity index is 1000. The number of fused-ring (bicyclic) bond motifs is 5. The van der Waals surface area contributed by atoms with Gasteiger partial charge in [-0.2, -0.15) is 0 Å². The Morgan fingerprint density at radius 1 is 0.885 bits per heavy atom. The number of benzene rings is 3. The number of rotatable bonds is 2. The Labute approximate surface area is 158 Å². The van der Waals surface area contributed by atoms with Crippen LogP contribution in [-0.4, -0.2) is 18.4 Å². The first-order valence-electron chi connectivity index (χ1n) is 8.89. The first kappa shape index (κ1) is 15.8. The summed E-state index contributed by atoms with van der Waals surface area (Å²) in [6.07, 6.45) is 2.15. The number of anilines is 1. The Kier molecular flexibility index (Phi) is 3.23. The van der Waals surface area contributed by atoms with Crippen molar-refractivity contribution >= 4 is 17.4 Å². The van der Waals surface area contributed by atoms with E-state index in [1.54, 1.807) is 11.8 Å². The lowest BCUT2D eigenvalue weighted by Gasteiger charge is -2.42. The molecule has 3 aromatic carbocycles. The molecule has 0 saturated heterocycles. The summed E-state index contributed by atoms with van der Waals surface area (Å²) in [5, 5.41) is -0.534. The average Bonchev–Trinajstić information content (AvgIpc) is 3.10. The molecule has 0 N–H and O–H groups in total. The number of hydrogen-bond acceptors (Lipinski definition) is 3. The van der Waals surface area contributed by atoms with E-state index >= 15 is 0 Å². The lowest BCUT2D eigenvalue weighted by Crippen LogP contribution is -2.55. The smallest absolute Gasteiger partial charge is 0.249 e. The van der Waals surface area contributed by atoms with Crippen molar-refractivity contribution in [2.75, 3.05) is 18.2 Å². The third kappa shape index (κ3) is 1.65. The second kappa shape index (κ2) is 5.31. The van der Waals surface area contributed by atoms with Gasteiger partial charge in [0.15, 0.2) is 0 Å². The number of aryl methyl sites for hydroxylation is 1. The van der Waals surface area contributed by atoms with Gasteiger partial charge in [-0.05, 0) is 36.4 Å². The summed E-state index contributed by atoms with van der Waals surface area (Å²) in [7, 11) is 2.15. The fourth-order valence-corrected chi connectivity index (χ4v) is 6.00. The molecule has 0 amide bonds. The minimum Gasteiger partial charge on any atom is -0.457 e. The fraction of sp³-hybridized carbons (Fsp3) is 0.217. The number of ether oxygens (including phenoxy) is 1. The average molecular weight is 359 g/mol. The zero-order valence-electron chi connectivity index (χ0n) is 15.2. The molecule has 0 aromatic heterocycles. The predicted octanol–water partition coefficient (Wildman–Crippen LogP) is 5.19. The molecule has 130 valence electrons. The molecule has 0 unspecified atom stereocenters. The van der Waals surface area contributed by atoms with E-state index < -0.39 is 5.06 Å². The highest BCUT2D eigenvalue weighted by Crippen LogP contribution is 2.67. The summed E-state index contributed by atoms with van der Waals surface area (Å²) < 4.78 is 6.76. The van der Waals surface area contributed by atoms with Gasteiger partial charge in [0.05, 0.1) is 0 Å². The topological polar surface area (TPSA) is 12.5 Å². The molecular weight excluding hydrogens is 338 g/mol. The maximum absolute atomic E-state index is 6.76. The van der Waals surface area contributed by atoms with Crippen molar-refractivity contribution in [3.8, 4) is 5.75 Å². The van der Waals surface area contributed by atoms with E-state index in [4.69, 9.17) is 4.74 Å². The lowest BCUT2D eigenvalue weighted by molar-refractivity contribution is 0.162. The summed E-state index contributed by atoms with van der Waals surface area (Å²) in [6.45, 7) is 2.16. The maximum atomic E-state index is 6.76.